The summed E-state index contributed by atoms with van der Waals surface area (Å²) < 4.78 is 4.33. The molecule has 4 heteroatoms. The topological polar surface area (TPSA) is 50.9 Å². The Labute approximate surface area is 113 Å². The van der Waals surface area contributed by atoms with Crippen molar-refractivity contribution in [3.63, 3.8) is 0 Å². The van der Waals surface area contributed by atoms with Crippen LogP contribution in [-0.2, 0) is 0 Å². The maximum Gasteiger partial charge on any atom is 0.142 e. The summed E-state index contributed by atoms with van der Waals surface area (Å²) >= 11 is 1.55. The molecule has 1 aromatic heterocycles. The van der Waals surface area contributed by atoms with E-state index in [1.165, 1.54) is 42.7 Å². The Balaban J connectivity index is 1.69. The number of nitrogen functional groups attached to an aromatic ring is 1. The van der Waals surface area contributed by atoms with Crippen LogP contribution in [-0.4, -0.2) is 10.4 Å². The second-order valence-corrected chi connectivity index (χ2v) is 6.97. The molecule has 3 unspecified atom stereocenters. The second-order valence-electron chi connectivity index (χ2n) is 6.19. The standard InChI is InChI=1S/C14H23N3S/c1-8-3-6-11(7-9(8)2)16-14-12(10-4-5-10)13(15)17-18-14/h8-11,16H,3-7H2,1-2H3,(H2,15,17). The minimum atomic E-state index is 0.619. The lowest BCUT2D eigenvalue weighted by atomic mass is 9.79. The molecule has 3 nitrogen and oxygen atoms in total. The fourth-order valence-electron chi connectivity index (χ4n) is 3.04. The first-order valence-electron chi connectivity index (χ1n) is 7.16. The van der Waals surface area contributed by atoms with Crippen molar-refractivity contribution < 1.29 is 0 Å². The molecule has 0 aromatic carbocycles. The lowest BCUT2D eigenvalue weighted by Crippen LogP contribution is -2.30. The Morgan fingerprint density at radius 2 is 1.94 bits per heavy atom. The Hall–Kier alpha value is -0.770. The molecule has 2 fully saturated rings. The van der Waals surface area contributed by atoms with Gasteiger partial charge in [-0.25, -0.2) is 0 Å². The number of hydrogen-bond donors (Lipinski definition) is 2. The largest absolute Gasteiger partial charge is 0.383 e. The lowest BCUT2D eigenvalue weighted by Gasteiger charge is -2.32. The quantitative estimate of drug-likeness (QED) is 0.873. The molecule has 3 N–H and O–H groups in total. The van der Waals surface area contributed by atoms with Crippen molar-refractivity contribution in [2.24, 2.45) is 11.8 Å². The molecule has 100 valence electrons. The number of nitrogens with one attached hydrogen (secondary N) is 1. The molecule has 2 saturated carbocycles. The molecule has 1 heterocycles. The van der Waals surface area contributed by atoms with Crippen molar-refractivity contribution >= 4 is 22.4 Å². The van der Waals surface area contributed by atoms with Crippen molar-refractivity contribution in [3.8, 4) is 0 Å². The minimum absolute atomic E-state index is 0.619. The zero-order valence-corrected chi connectivity index (χ0v) is 12.1. The van der Waals surface area contributed by atoms with Gasteiger partial charge in [-0.3, -0.25) is 0 Å². The van der Waals surface area contributed by atoms with Crippen LogP contribution in [0.2, 0.25) is 0 Å². The van der Waals surface area contributed by atoms with Crippen LogP contribution in [0.4, 0.5) is 10.8 Å². The number of rotatable bonds is 3. The van der Waals surface area contributed by atoms with Gasteiger partial charge in [-0.05, 0) is 61.4 Å². The lowest BCUT2D eigenvalue weighted by molar-refractivity contribution is 0.261. The van der Waals surface area contributed by atoms with E-state index < -0.39 is 0 Å². The molecule has 3 rings (SSSR count). The van der Waals surface area contributed by atoms with Gasteiger partial charge in [0.15, 0.2) is 0 Å². The molecule has 1 aromatic rings. The molecular weight excluding hydrogens is 242 g/mol. The Morgan fingerprint density at radius 3 is 2.61 bits per heavy atom. The van der Waals surface area contributed by atoms with E-state index in [0.29, 0.717) is 12.0 Å². The van der Waals surface area contributed by atoms with Gasteiger partial charge < -0.3 is 11.1 Å². The molecule has 0 amide bonds. The highest BCUT2D eigenvalue weighted by Gasteiger charge is 2.32. The van der Waals surface area contributed by atoms with E-state index in [4.69, 9.17) is 5.73 Å². The monoisotopic (exact) mass is 265 g/mol. The van der Waals surface area contributed by atoms with Crippen LogP contribution in [0.5, 0.6) is 0 Å². The summed E-state index contributed by atoms with van der Waals surface area (Å²) in [5.74, 6) is 3.15. The van der Waals surface area contributed by atoms with Gasteiger partial charge in [0, 0.05) is 11.6 Å². The molecule has 18 heavy (non-hydrogen) atoms. The normalized spacial score (nSPS) is 32.4. The van der Waals surface area contributed by atoms with Crippen molar-refractivity contribution in [2.45, 2.75) is 57.9 Å². The summed E-state index contributed by atoms with van der Waals surface area (Å²) in [6.07, 6.45) is 6.48. The maximum atomic E-state index is 6.00. The fraction of sp³-hybridized carbons (Fsp3) is 0.786. The number of nitrogens with two attached hydrogens (primary N) is 1. The molecule has 0 radical (unpaired) electrons. The van der Waals surface area contributed by atoms with Gasteiger partial charge in [0.05, 0.1) is 0 Å². The summed E-state index contributed by atoms with van der Waals surface area (Å²) in [5.41, 5.74) is 7.31. The van der Waals surface area contributed by atoms with Crippen molar-refractivity contribution in [3.05, 3.63) is 5.56 Å². The SMILES string of the molecule is CC1CCC(Nc2snc(N)c2C2CC2)CC1C. The molecule has 0 spiro atoms. The summed E-state index contributed by atoms with van der Waals surface area (Å²) in [6.45, 7) is 4.75. The van der Waals surface area contributed by atoms with E-state index in [1.807, 2.05) is 0 Å². The van der Waals surface area contributed by atoms with Crippen LogP contribution < -0.4 is 11.1 Å². The van der Waals surface area contributed by atoms with E-state index in [0.717, 1.165) is 17.7 Å². The Bertz CT molecular complexity index is 425. The minimum Gasteiger partial charge on any atom is -0.383 e. The first-order valence-corrected chi connectivity index (χ1v) is 7.94. The zero-order chi connectivity index (χ0) is 12.7. The van der Waals surface area contributed by atoms with Crippen molar-refractivity contribution in [2.75, 3.05) is 11.1 Å². The van der Waals surface area contributed by atoms with Crippen LogP contribution in [0.1, 0.15) is 57.4 Å². The molecule has 3 atom stereocenters. The first-order chi connectivity index (χ1) is 8.65. The smallest absolute Gasteiger partial charge is 0.142 e. The highest BCUT2D eigenvalue weighted by molar-refractivity contribution is 7.10. The third-order valence-corrected chi connectivity index (χ3v) is 5.48. The number of anilines is 2. The summed E-state index contributed by atoms with van der Waals surface area (Å²) in [7, 11) is 0. The molecule has 0 aliphatic heterocycles. The Morgan fingerprint density at radius 1 is 1.17 bits per heavy atom. The highest BCUT2D eigenvalue weighted by atomic mass is 32.1. The molecular formula is C14H23N3S. The van der Waals surface area contributed by atoms with Gasteiger partial charge in [-0.1, -0.05) is 13.8 Å². The predicted octanol–water partition coefficient (Wildman–Crippen LogP) is 3.84. The average molecular weight is 265 g/mol. The average Bonchev–Trinajstić information content (AvgIpc) is 3.10. The van der Waals surface area contributed by atoms with E-state index >= 15 is 0 Å². The molecule has 0 saturated heterocycles. The summed E-state index contributed by atoms with van der Waals surface area (Å²) in [4.78, 5) is 0. The van der Waals surface area contributed by atoms with Crippen LogP contribution in [0.3, 0.4) is 0 Å². The molecule has 0 bridgehead atoms. The third kappa shape index (κ3) is 2.35. The second kappa shape index (κ2) is 4.72. The van der Waals surface area contributed by atoms with Crippen LogP contribution in [0, 0.1) is 11.8 Å². The van der Waals surface area contributed by atoms with Gasteiger partial charge in [-0.15, -0.1) is 0 Å². The van der Waals surface area contributed by atoms with Gasteiger partial charge in [-0.2, -0.15) is 4.37 Å². The number of aromatic nitrogens is 1. The fourth-order valence-corrected chi connectivity index (χ4v) is 3.92. The molecule has 2 aliphatic rings. The molecule has 2 aliphatic carbocycles. The summed E-state index contributed by atoms with van der Waals surface area (Å²) in [6, 6.07) is 0.619. The third-order valence-electron chi connectivity index (χ3n) is 4.67. The highest BCUT2D eigenvalue weighted by Crippen LogP contribution is 2.48. The van der Waals surface area contributed by atoms with Gasteiger partial charge in [0.2, 0.25) is 0 Å². The van der Waals surface area contributed by atoms with Crippen LogP contribution in [0.15, 0.2) is 0 Å². The maximum absolute atomic E-state index is 6.00. The van der Waals surface area contributed by atoms with Gasteiger partial charge in [0.1, 0.15) is 10.8 Å². The van der Waals surface area contributed by atoms with E-state index in [2.05, 4.69) is 23.5 Å². The van der Waals surface area contributed by atoms with E-state index in [-0.39, 0.29) is 0 Å². The van der Waals surface area contributed by atoms with Crippen molar-refractivity contribution in [1.82, 2.24) is 4.37 Å². The first kappa shape index (κ1) is 12.3. The van der Waals surface area contributed by atoms with Gasteiger partial charge in [0.25, 0.3) is 0 Å². The van der Waals surface area contributed by atoms with E-state index in [9.17, 15) is 0 Å². The van der Waals surface area contributed by atoms with Crippen LogP contribution >= 0.6 is 11.5 Å². The Kier molecular flexibility index (Phi) is 3.22. The number of hydrogen-bond acceptors (Lipinski definition) is 4. The summed E-state index contributed by atoms with van der Waals surface area (Å²) in [5, 5.41) is 4.97. The van der Waals surface area contributed by atoms with E-state index in [1.54, 1.807) is 11.5 Å². The predicted molar refractivity (Wildman–Crippen MR) is 78.1 cm³/mol. The zero-order valence-electron chi connectivity index (χ0n) is 11.3. The number of nitrogens with zero attached hydrogens (tertiary/aromatic N) is 1. The van der Waals surface area contributed by atoms with Crippen molar-refractivity contribution in [1.29, 1.82) is 0 Å². The van der Waals surface area contributed by atoms with Gasteiger partial charge >= 0.3 is 0 Å². The van der Waals surface area contributed by atoms with Crippen LogP contribution in [0.25, 0.3) is 0 Å².